The lowest BCUT2D eigenvalue weighted by molar-refractivity contribution is -0.120. The van der Waals surface area contributed by atoms with Gasteiger partial charge in [0.2, 0.25) is 5.91 Å². The number of aromatic nitrogens is 4. The van der Waals surface area contributed by atoms with E-state index in [1.807, 2.05) is 24.3 Å². The van der Waals surface area contributed by atoms with Crippen LogP contribution in [0.1, 0.15) is 11.4 Å². The van der Waals surface area contributed by atoms with Crippen LogP contribution < -0.4 is 10.1 Å². The quantitative estimate of drug-likeness (QED) is 0.779. The number of hydrogen-bond acceptors (Lipinski definition) is 5. The Morgan fingerprint density at radius 3 is 2.78 bits per heavy atom. The molecule has 0 atom stereocenters. The molecule has 1 aromatic heterocycles. The smallest absolute Gasteiger partial charge is 0.228 e. The van der Waals surface area contributed by atoms with Crippen molar-refractivity contribution in [2.75, 3.05) is 7.11 Å². The van der Waals surface area contributed by atoms with Gasteiger partial charge in [-0.2, -0.15) is 5.21 Å². The Morgan fingerprint density at radius 1 is 1.39 bits per heavy atom. The lowest BCUT2D eigenvalue weighted by Gasteiger charge is -2.05. The lowest BCUT2D eigenvalue weighted by Crippen LogP contribution is -2.25. The van der Waals surface area contributed by atoms with Gasteiger partial charge >= 0.3 is 0 Å². The van der Waals surface area contributed by atoms with Crippen molar-refractivity contribution in [1.82, 2.24) is 25.9 Å². The van der Waals surface area contributed by atoms with E-state index < -0.39 is 0 Å². The summed E-state index contributed by atoms with van der Waals surface area (Å²) in [5.41, 5.74) is 0.997. The number of aromatic amines is 1. The molecule has 0 aliphatic rings. The Morgan fingerprint density at radius 2 is 2.17 bits per heavy atom. The maximum absolute atomic E-state index is 11.5. The minimum atomic E-state index is -0.146. The highest BCUT2D eigenvalue weighted by atomic mass is 16.5. The van der Waals surface area contributed by atoms with Crippen molar-refractivity contribution in [2.24, 2.45) is 0 Å². The molecule has 1 amide bonds. The molecule has 1 heterocycles. The predicted octanol–water partition coefficient (Wildman–Crippen LogP) is 0.0672. The van der Waals surface area contributed by atoms with Crippen LogP contribution in [0.2, 0.25) is 0 Å². The number of tetrazole rings is 1. The highest BCUT2D eigenvalue weighted by molar-refractivity contribution is 5.77. The van der Waals surface area contributed by atoms with Gasteiger partial charge in [-0.1, -0.05) is 17.3 Å². The van der Waals surface area contributed by atoms with Crippen molar-refractivity contribution in [3.8, 4) is 5.75 Å². The third kappa shape index (κ3) is 3.27. The molecule has 0 spiro atoms. The van der Waals surface area contributed by atoms with E-state index in [2.05, 4.69) is 25.9 Å². The van der Waals surface area contributed by atoms with Crippen molar-refractivity contribution in [3.05, 3.63) is 35.7 Å². The molecule has 0 fully saturated rings. The molecular weight excluding hydrogens is 234 g/mol. The van der Waals surface area contributed by atoms with Crippen LogP contribution in [0.15, 0.2) is 24.3 Å². The fourth-order valence-corrected chi connectivity index (χ4v) is 1.41. The molecular formula is C11H13N5O2. The van der Waals surface area contributed by atoms with E-state index in [9.17, 15) is 4.79 Å². The number of nitrogens with one attached hydrogen (secondary N) is 2. The number of rotatable bonds is 5. The highest BCUT2D eigenvalue weighted by Gasteiger charge is 2.06. The third-order valence-electron chi connectivity index (χ3n) is 2.36. The Kier molecular flexibility index (Phi) is 3.85. The van der Waals surface area contributed by atoms with Crippen molar-refractivity contribution < 1.29 is 9.53 Å². The van der Waals surface area contributed by atoms with Crippen LogP contribution in [0.25, 0.3) is 0 Å². The Balaban J connectivity index is 1.81. The molecule has 7 nitrogen and oxygen atoms in total. The molecule has 7 heteroatoms. The van der Waals surface area contributed by atoms with E-state index in [-0.39, 0.29) is 12.3 Å². The molecule has 0 radical (unpaired) electrons. The minimum absolute atomic E-state index is 0.118. The normalized spacial score (nSPS) is 10.1. The van der Waals surface area contributed by atoms with Crippen LogP contribution in [0.5, 0.6) is 5.75 Å². The number of carbonyl (C=O) groups is 1. The summed E-state index contributed by atoms with van der Waals surface area (Å²) in [5.74, 6) is 1.02. The topological polar surface area (TPSA) is 92.8 Å². The fourth-order valence-electron chi connectivity index (χ4n) is 1.41. The number of ether oxygens (including phenoxy) is 1. The second kappa shape index (κ2) is 5.76. The number of carbonyl (C=O) groups excluding carboxylic acids is 1. The van der Waals surface area contributed by atoms with Crippen LogP contribution in [0.3, 0.4) is 0 Å². The van der Waals surface area contributed by atoms with E-state index in [1.54, 1.807) is 7.11 Å². The maximum atomic E-state index is 11.5. The van der Waals surface area contributed by atoms with Gasteiger partial charge in [-0.3, -0.25) is 4.79 Å². The summed E-state index contributed by atoms with van der Waals surface area (Å²) in [7, 11) is 1.61. The third-order valence-corrected chi connectivity index (χ3v) is 2.36. The molecule has 2 aromatic rings. The number of amides is 1. The van der Waals surface area contributed by atoms with Gasteiger partial charge in [0, 0.05) is 6.54 Å². The summed E-state index contributed by atoms with van der Waals surface area (Å²) in [5, 5.41) is 15.9. The summed E-state index contributed by atoms with van der Waals surface area (Å²) in [6.45, 7) is 0.459. The molecule has 0 bridgehead atoms. The first kappa shape index (κ1) is 12.0. The monoisotopic (exact) mass is 247 g/mol. The first-order valence-electron chi connectivity index (χ1n) is 5.40. The standard InChI is InChI=1S/C11H13N5O2/c1-18-9-4-2-8(3-5-9)7-12-11(17)6-10-13-15-16-14-10/h2-5H,6-7H2,1H3,(H,12,17)(H,13,14,15,16). The number of hydrogen-bond donors (Lipinski definition) is 2. The van der Waals surface area contributed by atoms with Gasteiger partial charge in [-0.15, -0.1) is 10.2 Å². The van der Waals surface area contributed by atoms with E-state index >= 15 is 0 Å². The van der Waals surface area contributed by atoms with Gasteiger partial charge in [0.15, 0.2) is 5.82 Å². The summed E-state index contributed by atoms with van der Waals surface area (Å²) in [6, 6.07) is 7.49. The maximum Gasteiger partial charge on any atom is 0.228 e. The lowest BCUT2D eigenvalue weighted by atomic mass is 10.2. The summed E-state index contributed by atoms with van der Waals surface area (Å²) in [6.07, 6.45) is 0.118. The number of H-pyrrole nitrogens is 1. The Hall–Kier alpha value is -2.44. The van der Waals surface area contributed by atoms with Gasteiger partial charge in [0.25, 0.3) is 0 Å². The zero-order valence-corrected chi connectivity index (χ0v) is 9.88. The minimum Gasteiger partial charge on any atom is -0.497 e. The average Bonchev–Trinajstić information content (AvgIpc) is 2.90. The molecule has 0 unspecified atom stereocenters. The van der Waals surface area contributed by atoms with Gasteiger partial charge in [-0.25, -0.2) is 0 Å². The zero-order valence-electron chi connectivity index (χ0n) is 9.88. The average molecular weight is 247 g/mol. The van der Waals surface area contributed by atoms with E-state index in [0.717, 1.165) is 11.3 Å². The zero-order chi connectivity index (χ0) is 12.8. The molecule has 0 aliphatic carbocycles. The molecule has 0 aliphatic heterocycles. The molecule has 94 valence electrons. The predicted molar refractivity (Wildman–Crippen MR) is 62.7 cm³/mol. The summed E-state index contributed by atoms with van der Waals surface area (Å²) < 4.78 is 5.05. The van der Waals surface area contributed by atoms with Crippen LogP contribution in [-0.4, -0.2) is 33.6 Å². The molecule has 2 N–H and O–H groups in total. The second-order valence-electron chi connectivity index (χ2n) is 3.63. The van der Waals surface area contributed by atoms with Gasteiger partial charge < -0.3 is 10.1 Å². The van der Waals surface area contributed by atoms with E-state index in [0.29, 0.717) is 12.4 Å². The molecule has 2 rings (SSSR count). The first-order valence-corrected chi connectivity index (χ1v) is 5.40. The van der Waals surface area contributed by atoms with Crippen molar-refractivity contribution >= 4 is 5.91 Å². The summed E-state index contributed by atoms with van der Waals surface area (Å²) in [4.78, 5) is 11.5. The molecule has 18 heavy (non-hydrogen) atoms. The van der Waals surface area contributed by atoms with Crippen LogP contribution in [0.4, 0.5) is 0 Å². The molecule has 1 aromatic carbocycles. The van der Waals surface area contributed by atoms with Gasteiger partial charge in [0.05, 0.1) is 13.5 Å². The number of benzene rings is 1. The molecule has 0 saturated carbocycles. The van der Waals surface area contributed by atoms with Crippen LogP contribution in [-0.2, 0) is 17.8 Å². The van der Waals surface area contributed by atoms with Crippen molar-refractivity contribution in [1.29, 1.82) is 0 Å². The van der Waals surface area contributed by atoms with Crippen LogP contribution >= 0.6 is 0 Å². The number of nitrogens with zero attached hydrogens (tertiary/aromatic N) is 3. The largest absolute Gasteiger partial charge is 0.497 e. The van der Waals surface area contributed by atoms with Crippen LogP contribution in [0, 0.1) is 0 Å². The van der Waals surface area contributed by atoms with Crippen molar-refractivity contribution in [2.45, 2.75) is 13.0 Å². The summed E-state index contributed by atoms with van der Waals surface area (Å²) >= 11 is 0. The second-order valence-corrected chi connectivity index (χ2v) is 3.63. The van der Waals surface area contributed by atoms with Crippen molar-refractivity contribution in [3.63, 3.8) is 0 Å². The van der Waals surface area contributed by atoms with E-state index in [1.165, 1.54) is 0 Å². The first-order chi connectivity index (χ1) is 8.78. The highest BCUT2D eigenvalue weighted by Crippen LogP contribution is 2.10. The Labute approximate surface area is 104 Å². The van der Waals surface area contributed by atoms with E-state index in [4.69, 9.17) is 4.74 Å². The Bertz CT molecular complexity index is 495. The number of methoxy groups -OCH3 is 1. The SMILES string of the molecule is COc1ccc(CNC(=O)Cc2nn[nH]n2)cc1. The van der Waals surface area contributed by atoms with Gasteiger partial charge in [-0.05, 0) is 17.7 Å². The molecule has 0 saturated heterocycles. The van der Waals surface area contributed by atoms with Gasteiger partial charge in [0.1, 0.15) is 5.75 Å². The fraction of sp³-hybridized carbons (Fsp3) is 0.273.